The van der Waals surface area contributed by atoms with Crippen LogP contribution in [0, 0.1) is 13.8 Å². The van der Waals surface area contributed by atoms with E-state index in [0.29, 0.717) is 23.9 Å². The molecule has 1 heterocycles. The van der Waals surface area contributed by atoms with E-state index in [1.165, 1.54) is 0 Å². The second kappa shape index (κ2) is 7.45. The van der Waals surface area contributed by atoms with Crippen molar-refractivity contribution in [2.75, 3.05) is 13.2 Å². The first-order chi connectivity index (χ1) is 10.0. The van der Waals surface area contributed by atoms with Crippen LogP contribution in [-0.4, -0.2) is 29.5 Å². The van der Waals surface area contributed by atoms with Gasteiger partial charge in [-0.05, 0) is 37.6 Å². The summed E-state index contributed by atoms with van der Waals surface area (Å²) in [6.07, 6.45) is -0.606. The van der Waals surface area contributed by atoms with Gasteiger partial charge in [0.1, 0.15) is 18.5 Å². The van der Waals surface area contributed by atoms with Gasteiger partial charge in [0.25, 0.3) is 0 Å². The van der Waals surface area contributed by atoms with Gasteiger partial charge < -0.3 is 19.7 Å². The maximum atomic E-state index is 9.86. The van der Waals surface area contributed by atoms with Crippen molar-refractivity contribution in [3.8, 4) is 5.75 Å². The molecule has 0 aliphatic rings. The lowest BCUT2D eigenvalue weighted by atomic mass is 10.2. The van der Waals surface area contributed by atoms with Crippen molar-refractivity contribution in [1.82, 2.24) is 10.5 Å². The monoisotopic (exact) mass is 310 g/mol. The van der Waals surface area contributed by atoms with Crippen LogP contribution in [0.5, 0.6) is 5.75 Å². The molecule has 1 unspecified atom stereocenters. The normalized spacial score (nSPS) is 12.4. The number of nitrogens with zero attached hydrogens (tertiary/aromatic N) is 1. The van der Waals surface area contributed by atoms with E-state index >= 15 is 0 Å². The quantitative estimate of drug-likeness (QED) is 0.822. The molecule has 5 nitrogen and oxygen atoms in total. The topological polar surface area (TPSA) is 67.5 Å². The number of aryl methyl sites for hydroxylation is 2. The number of aliphatic hydroxyl groups excluding tert-OH is 1. The number of benzene rings is 1. The lowest BCUT2D eigenvalue weighted by molar-refractivity contribution is 0.105. The summed E-state index contributed by atoms with van der Waals surface area (Å²) in [5, 5.41) is 17.4. The van der Waals surface area contributed by atoms with Gasteiger partial charge in [0.2, 0.25) is 0 Å². The zero-order chi connectivity index (χ0) is 15.2. The lowest BCUT2D eigenvalue weighted by Gasteiger charge is -2.13. The summed E-state index contributed by atoms with van der Waals surface area (Å²) in [5.74, 6) is 1.44. The number of rotatable bonds is 7. The van der Waals surface area contributed by atoms with Crippen LogP contribution in [0.1, 0.15) is 17.0 Å². The molecule has 2 N–H and O–H groups in total. The van der Waals surface area contributed by atoms with Gasteiger partial charge in [-0.2, -0.15) is 0 Å². The Hall–Kier alpha value is -1.56. The molecule has 0 saturated carbocycles. The maximum absolute atomic E-state index is 9.86. The fourth-order valence-corrected chi connectivity index (χ4v) is 1.94. The minimum absolute atomic E-state index is 0.212. The Morgan fingerprint density at radius 2 is 2.19 bits per heavy atom. The molecule has 1 aromatic heterocycles. The molecule has 6 heteroatoms. The molecular formula is C15H19ClN2O3. The van der Waals surface area contributed by atoms with Crippen molar-refractivity contribution in [2.45, 2.75) is 26.5 Å². The van der Waals surface area contributed by atoms with E-state index in [1.807, 2.05) is 26.0 Å². The first kappa shape index (κ1) is 15.8. The first-order valence-corrected chi connectivity index (χ1v) is 7.12. The Kier molecular flexibility index (Phi) is 5.61. The number of nitrogens with one attached hydrogen (secondary N) is 1. The highest BCUT2D eigenvalue weighted by Crippen LogP contribution is 2.21. The van der Waals surface area contributed by atoms with Crippen molar-refractivity contribution >= 4 is 11.6 Å². The highest BCUT2D eigenvalue weighted by molar-refractivity contribution is 6.31. The largest absolute Gasteiger partial charge is 0.491 e. The first-order valence-electron chi connectivity index (χ1n) is 6.74. The molecule has 2 aromatic rings. The van der Waals surface area contributed by atoms with Crippen LogP contribution in [-0.2, 0) is 6.54 Å². The number of hydrogen-bond donors (Lipinski definition) is 2. The van der Waals surface area contributed by atoms with Gasteiger partial charge >= 0.3 is 0 Å². The average molecular weight is 311 g/mol. The summed E-state index contributed by atoms with van der Waals surface area (Å²) in [6, 6.07) is 7.27. The summed E-state index contributed by atoms with van der Waals surface area (Å²) in [5.41, 5.74) is 1.79. The second-order valence-corrected chi connectivity index (χ2v) is 5.35. The van der Waals surface area contributed by atoms with E-state index < -0.39 is 6.10 Å². The Labute approximate surface area is 128 Å². The third-order valence-corrected chi connectivity index (χ3v) is 3.35. The molecule has 0 spiro atoms. The van der Waals surface area contributed by atoms with Crippen LogP contribution in [0.2, 0.25) is 5.02 Å². The Balaban J connectivity index is 1.69. The summed E-state index contributed by atoms with van der Waals surface area (Å²) in [6.45, 7) is 4.92. The fraction of sp³-hybridized carbons (Fsp3) is 0.400. The molecular weight excluding hydrogens is 292 g/mol. The van der Waals surface area contributed by atoms with Gasteiger partial charge in [0.15, 0.2) is 5.76 Å². The van der Waals surface area contributed by atoms with Crippen molar-refractivity contribution in [3.63, 3.8) is 0 Å². The van der Waals surface area contributed by atoms with Gasteiger partial charge in [-0.15, -0.1) is 0 Å². The minimum Gasteiger partial charge on any atom is -0.491 e. The van der Waals surface area contributed by atoms with E-state index in [1.54, 1.807) is 12.1 Å². The molecule has 21 heavy (non-hydrogen) atoms. The number of hydrogen-bond acceptors (Lipinski definition) is 5. The van der Waals surface area contributed by atoms with Crippen molar-refractivity contribution in [3.05, 3.63) is 46.3 Å². The zero-order valence-corrected chi connectivity index (χ0v) is 12.9. The van der Waals surface area contributed by atoms with Crippen molar-refractivity contribution in [1.29, 1.82) is 0 Å². The highest BCUT2D eigenvalue weighted by atomic mass is 35.5. The van der Waals surface area contributed by atoms with Crippen molar-refractivity contribution < 1.29 is 14.4 Å². The zero-order valence-electron chi connectivity index (χ0n) is 12.1. The van der Waals surface area contributed by atoms with Crippen molar-refractivity contribution in [2.24, 2.45) is 0 Å². The molecule has 0 aliphatic heterocycles. The third-order valence-electron chi connectivity index (χ3n) is 2.93. The van der Waals surface area contributed by atoms with Crippen LogP contribution < -0.4 is 10.1 Å². The smallest absolute Gasteiger partial charge is 0.150 e. The number of aromatic nitrogens is 1. The molecule has 0 bridgehead atoms. The summed E-state index contributed by atoms with van der Waals surface area (Å²) < 4.78 is 10.6. The number of halogens is 1. The molecule has 0 saturated heterocycles. The molecule has 114 valence electrons. The summed E-state index contributed by atoms with van der Waals surface area (Å²) in [7, 11) is 0. The molecule has 0 fully saturated rings. The van der Waals surface area contributed by atoms with Gasteiger partial charge in [-0.3, -0.25) is 0 Å². The number of aliphatic hydroxyl groups is 1. The van der Waals surface area contributed by atoms with Crippen LogP contribution in [0.4, 0.5) is 0 Å². The minimum atomic E-state index is -0.606. The van der Waals surface area contributed by atoms with E-state index in [4.69, 9.17) is 20.9 Å². The predicted molar refractivity (Wildman–Crippen MR) is 80.6 cm³/mol. The predicted octanol–water partition coefficient (Wildman–Crippen LogP) is 2.47. The standard InChI is InChI=1S/C15H19ClN2O3/c1-10-5-13(3-4-15(10)16)20-9-12(19)7-17-8-14-6-11(2)18-21-14/h3-6,12,17,19H,7-9H2,1-2H3. The molecule has 1 aromatic carbocycles. The van der Waals surface area contributed by atoms with Crippen LogP contribution in [0.25, 0.3) is 0 Å². The van der Waals surface area contributed by atoms with Crippen LogP contribution >= 0.6 is 11.6 Å². The van der Waals surface area contributed by atoms with E-state index in [-0.39, 0.29) is 6.61 Å². The fourth-order valence-electron chi connectivity index (χ4n) is 1.82. The SMILES string of the molecule is Cc1cc(CNCC(O)COc2ccc(Cl)c(C)c2)on1. The van der Waals surface area contributed by atoms with E-state index in [2.05, 4.69) is 10.5 Å². The Morgan fingerprint density at radius 3 is 2.86 bits per heavy atom. The van der Waals surface area contributed by atoms with Crippen LogP contribution in [0.15, 0.2) is 28.8 Å². The van der Waals surface area contributed by atoms with E-state index in [9.17, 15) is 5.11 Å². The molecule has 0 amide bonds. The molecule has 0 aliphatic carbocycles. The van der Waals surface area contributed by atoms with Crippen LogP contribution in [0.3, 0.4) is 0 Å². The van der Waals surface area contributed by atoms with Gasteiger partial charge in [-0.25, -0.2) is 0 Å². The second-order valence-electron chi connectivity index (χ2n) is 4.94. The van der Waals surface area contributed by atoms with E-state index in [0.717, 1.165) is 17.0 Å². The maximum Gasteiger partial charge on any atom is 0.150 e. The van der Waals surface area contributed by atoms with Gasteiger partial charge in [-0.1, -0.05) is 16.8 Å². The summed E-state index contributed by atoms with van der Waals surface area (Å²) >= 11 is 5.94. The lowest BCUT2D eigenvalue weighted by Crippen LogP contribution is -2.31. The number of ether oxygens (including phenoxy) is 1. The third kappa shape index (κ3) is 5.04. The molecule has 0 radical (unpaired) electrons. The Bertz CT molecular complexity index is 586. The molecule has 2 rings (SSSR count). The Morgan fingerprint density at radius 1 is 1.38 bits per heavy atom. The summed E-state index contributed by atoms with van der Waals surface area (Å²) in [4.78, 5) is 0. The highest BCUT2D eigenvalue weighted by Gasteiger charge is 2.07. The van der Waals surface area contributed by atoms with Gasteiger partial charge in [0.05, 0.1) is 12.2 Å². The average Bonchev–Trinajstić information content (AvgIpc) is 2.86. The molecule has 1 atom stereocenters. The van der Waals surface area contributed by atoms with Gasteiger partial charge in [0, 0.05) is 17.6 Å².